The molecule has 12 heavy (non-hydrogen) atoms. The van der Waals surface area contributed by atoms with Crippen LogP contribution in [0.25, 0.3) is 11.1 Å². The summed E-state index contributed by atoms with van der Waals surface area (Å²) in [5.74, 6) is -0.418. The van der Waals surface area contributed by atoms with Crippen molar-refractivity contribution in [3.63, 3.8) is 0 Å². The van der Waals surface area contributed by atoms with Gasteiger partial charge in [0, 0.05) is 18.8 Å². The summed E-state index contributed by atoms with van der Waals surface area (Å²) in [5.41, 5.74) is 2.22. The molecule has 0 bridgehead atoms. The van der Waals surface area contributed by atoms with E-state index in [1.807, 2.05) is 13.1 Å². The van der Waals surface area contributed by atoms with Crippen LogP contribution in [0.5, 0.6) is 0 Å². The molecule has 0 unspecified atom stereocenters. The first-order valence-corrected chi connectivity index (χ1v) is 3.60. The summed E-state index contributed by atoms with van der Waals surface area (Å²) in [6.45, 7) is 0. The molecule has 1 aromatic heterocycles. The molecule has 0 aliphatic rings. The van der Waals surface area contributed by atoms with Crippen molar-refractivity contribution in [2.45, 2.75) is 0 Å². The average molecular weight is 164 g/mol. The Balaban J connectivity index is 2.74. The molecule has 4 nitrogen and oxygen atoms in total. The summed E-state index contributed by atoms with van der Waals surface area (Å²) in [4.78, 5) is 13.3. The zero-order chi connectivity index (χ0) is 8.55. The highest BCUT2D eigenvalue weighted by Gasteiger charge is 1.99. The fraction of sp³-hybridized carbons (Fsp3) is 0.125. The van der Waals surface area contributed by atoms with Crippen molar-refractivity contribution in [2.24, 2.45) is 0 Å². The van der Waals surface area contributed by atoms with Gasteiger partial charge in [0.1, 0.15) is 0 Å². The number of aromatic nitrogens is 1. The van der Waals surface area contributed by atoms with E-state index in [4.69, 9.17) is 4.42 Å². The van der Waals surface area contributed by atoms with E-state index >= 15 is 0 Å². The second kappa shape index (κ2) is 2.41. The predicted molar refractivity (Wildman–Crippen MR) is 46.4 cm³/mol. The molecule has 0 saturated carbocycles. The lowest BCUT2D eigenvalue weighted by Crippen LogP contribution is -1.92. The van der Waals surface area contributed by atoms with Crippen LogP contribution in [0, 0.1) is 0 Å². The van der Waals surface area contributed by atoms with Gasteiger partial charge in [-0.15, -0.1) is 0 Å². The van der Waals surface area contributed by atoms with Gasteiger partial charge >= 0.3 is 5.76 Å². The van der Waals surface area contributed by atoms with Crippen LogP contribution in [0.2, 0.25) is 0 Å². The Labute approximate surface area is 68.2 Å². The van der Waals surface area contributed by atoms with Crippen LogP contribution in [-0.4, -0.2) is 12.0 Å². The molecule has 2 aromatic rings. The van der Waals surface area contributed by atoms with E-state index < -0.39 is 5.76 Å². The highest BCUT2D eigenvalue weighted by Crippen LogP contribution is 2.15. The van der Waals surface area contributed by atoms with Gasteiger partial charge in [0.25, 0.3) is 0 Å². The van der Waals surface area contributed by atoms with Crippen molar-refractivity contribution in [2.75, 3.05) is 12.4 Å². The maximum atomic E-state index is 10.7. The largest absolute Gasteiger partial charge is 0.417 e. The Morgan fingerprint density at radius 3 is 3.08 bits per heavy atom. The molecule has 2 N–H and O–H groups in total. The molecule has 0 aliphatic carbocycles. The molecule has 62 valence electrons. The zero-order valence-electron chi connectivity index (χ0n) is 6.55. The van der Waals surface area contributed by atoms with Crippen molar-refractivity contribution >= 4 is 16.8 Å². The van der Waals surface area contributed by atoms with Gasteiger partial charge in [0.05, 0.1) is 5.52 Å². The summed E-state index contributed by atoms with van der Waals surface area (Å²) in [6, 6.07) is 5.44. The molecule has 2 rings (SSSR count). The van der Waals surface area contributed by atoms with Gasteiger partial charge in [-0.25, -0.2) is 4.79 Å². The lowest BCUT2D eigenvalue weighted by atomic mass is 10.3. The second-order valence-corrected chi connectivity index (χ2v) is 2.48. The van der Waals surface area contributed by atoms with Crippen molar-refractivity contribution in [1.82, 2.24) is 4.98 Å². The summed E-state index contributed by atoms with van der Waals surface area (Å²) >= 11 is 0. The minimum absolute atomic E-state index is 0.418. The van der Waals surface area contributed by atoms with Gasteiger partial charge in [0.2, 0.25) is 0 Å². The average Bonchev–Trinajstić information content (AvgIpc) is 2.43. The Bertz CT molecular complexity index is 455. The Kier molecular flexibility index (Phi) is 1.40. The molecule has 0 fully saturated rings. The molecule has 0 spiro atoms. The quantitative estimate of drug-likeness (QED) is 0.665. The van der Waals surface area contributed by atoms with E-state index in [1.165, 1.54) is 0 Å². The lowest BCUT2D eigenvalue weighted by molar-refractivity contribution is 0.555. The molecule has 1 heterocycles. The number of H-pyrrole nitrogens is 1. The molecular weight excluding hydrogens is 156 g/mol. The van der Waals surface area contributed by atoms with Gasteiger partial charge in [-0.3, -0.25) is 4.98 Å². The van der Waals surface area contributed by atoms with E-state index in [2.05, 4.69) is 10.3 Å². The first-order valence-electron chi connectivity index (χ1n) is 3.60. The van der Waals surface area contributed by atoms with E-state index in [9.17, 15) is 4.79 Å². The molecular formula is C8H8N2O2. The smallest absolute Gasteiger partial charge is 0.408 e. The maximum Gasteiger partial charge on any atom is 0.417 e. The van der Waals surface area contributed by atoms with Crippen molar-refractivity contribution < 1.29 is 4.42 Å². The maximum absolute atomic E-state index is 10.7. The molecule has 0 amide bonds. The topological polar surface area (TPSA) is 58.0 Å². The Morgan fingerprint density at radius 1 is 1.50 bits per heavy atom. The molecule has 0 saturated heterocycles. The van der Waals surface area contributed by atoms with Crippen LogP contribution in [0.1, 0.15) is 0 Å². The van der Waals surface area contributed by atoms with Crippen LogP contribution < -0.4 is 11.1 Å². The number of nitrogens with one attached hydrogen (secondary N) is 2. The second-order valence-electron chi connectivity index (χ2n) is 2.48. The number of benzene rings is 1. The Morgan fingerprint density at radius 2 is 2.33 bits per heavy atom. The van der Waals surface area contributed by atoms with E-state index in [-0.39, 0.29) is 0 Å². The standard InChI is InChI=1S/C8H8N2O2/c1-9-5-2-3-6-7(4-5)12-8(11)10-6/h2-4,9H,1H3,(H,10,11). The number of hydrogen-bond acceptors (Lipinski definition) is 3. The van der Waals surface area contributed by atoms with Gasteiger partial charge in [-0.2, -0.15) is 0 Å². The third-order valence-electron chi connectivity index (χ3n) is 1.71. The molecule has 1 aromatic carbocycles. The summed E-state index contributed by atoms with van der Waals surface area (Å²) in [7, 11) is 1.81. The van der Waals surface area contributed by atoms with E-state index in [1.54, 1.807) is 12.1 Å². The van der Waals surface area contributed by atoms with Crippen molar-refractivity contribution in [3.8, 4) is 0 Å². The van der Waals surface area contributed by atoms with Crippen molar-refractivity contribution in [3.05, 3.63) is 28.7 Å². The van der Waals surface area contributed by atoms with Gasteiger partial charge < -0.3 is 9.73 Å². The molecule has 4 heteroatoms. The first-order chi connectivity index (χ1) is 5.79. The molecule has 0 radical (unpaired) electrons. The third kappa shape index (κ3) is 0.972. The van der Waals surface area contributed by atoms with E-state index in [0.717, 1.165) is 11.2 Å². The lowest BCUT2D eigenvalue weighted by Gasteiger charge is -1.96. The number of hydrogen-bond donors (Lipinski definition) is 2. The van der Waals surface area contributed by atoms with Crippen LogP contribution in [0.3, 0.4) is 0 Å². The fourth-order valence-corrected chi connectivity index (χ4v) is 1.10. The summed E-state index contributed by atoms with van der Waals surface area (Å²) < 4.78 is 4.86. The monoisotopic (exact) mass is 164 g/mol. The number of oxazole rings is 1. The van der Waals surface area contributed by atoms with Crippen LogP contribution in [0.4, 0.5) is 5.69 Å². The van der Waals surface area contributed by atoms with Gasteiger partial charge in [-0.05, 0) is 12.1 Å². The Hall–Kier alpha value is -1.71. The molecule has 0 aliphatic heterocycles. The highest BCUT2D eigenvalue weighted by atomic mass is 16.4. The molecule has 0 atom stereocenters. The number of anilines is 1. The number of rotatable bonds is 1. The normalized spacial score (nSPS) is 10.4. The SMILES string of the molecule is CNc1ccc2[nH]c(=O)oc2c1. The van der Waals surface area contributed by atoms with Crippen molar-refractivity contribution in [1.29, 1.82) is 0 Å². The first kappa shape index (κ1) is 6.97. The predicted octanol–water partition coefficient (Wildman–Crippen LogP) is 1.16. The third-order valence-corrected chi connectivity index (χ3v) is 1.71. The fourth-order valence-electron chi connectivity index (χ4n) is 1.10. The summed E-state index contributed by atoms with van der Waals surface area (Å²) in [6.07, 6.45) is 0. The van der Waals surface area contributed by atoms with E-state index in [0.29, 0.717) is 5.58 Å². The zero-order valence-corrected chi connectivity index (χ0v) is 6.55. The van der Waals surface area contributed by atoms with Gasteiger partial charge in [0.15, 0.2) is 5.58 Å². The van der Waals surface area contributed by atoms with Gasteiger partial charge in [-0.1, -0.05) is 0 Å². The van der Waals surface area contributed by atoms with Crippen LogP contribution in [-0.2, 0) is 0 Å². The minimum Gasteiger partial charge on any atom is -0.408 e. The number of fused-ring (bicyclic) bond motifs is 1. The highest BCUT2D eigenvalue weighted by molar-refractivity contribution is 5.76. The summed E-state index contributed by atoms with van der Waals surface area (Å²) in [5, 5.41) is 2.95. The number of aromatic amines is 1. The van der Waals surface area contributed by atoms with Crippen LogP contribution in [0.15, 0.2) is 27.4 Å². The minimum atomic E-state index is -0.418. The van der Waals surface area contributed by atoms with Crippen LogP contribution >= 0.6 is 0 Å².